The highest BCUT2D eigenvalue weighted by molar-refractivity contribution is 9.11. The zero-order valence-electron chi connectivity index (χ0n) is 11.0. The molecule has 2 heterocycles. The number of hydrogen-bond acceptors (Lipinski definition) is 3. The second-order valence-corrected chi connectivity index (χ2v) is 7.26. The third-order valence-electron chi connectivity index (χ3n) is 4.17. The molecular formula is C14H14Br2N2O3. The minimum atomic E-state index is -1.07. The minimum absolute atomic E-state index is 0.0701. The van der Waals surface area contributed by atoms with Crippen molar-refractivity contribution in [1.29, 1.82) is 0 Å². The zero-order valence-corrected chi connectivity index (χ0v) is 14.2. The molecule has 2 aliphatic heterocycles. The molecule has 3 unspecified atom stereocenters. The van der Waals surface area contributed by atoms with Crippen molar-refractivity contribution in [3.8, 4) is 0 Å². The molecule has 2 saturated heterocycles. The van der Waals surface area contributed by atoms with Gasteiger partial charge in [-0.05, 0) is 47.3 Å². The summed E-state index contributed by atoms with van der Waals surface area (Å²) in [5.74, 6) is -1.26. The Labute approximate surface area is 138 Å². The Bertz CT molecular complexity index is 620. The van der Waals surface area contributed by atoms with E-state index >= 15 is 0 Å². The van der Waals surface area contributed by atoms with E-state index in [1.165, 1.54) is 6.07 Å². The van der Waals surface area contributed by atoms with E-state index in [0.717, 1.165) is 19.3 Å². The number of rotatable bonds is 3. The summed E-state index contributed by atoms with van der Waals surface area (Å²) in [6, 6.07) is 3.86. The summed E-state index contributed by atoms with van der Waals surface area (Å²) in [7, 11) is 0. The van der Waals surface area contributed by atoms with E-state index in [1.807, 2.05) is 0 Å². The highest BCUT2D eigenvalue weighted by Crippen LogP contribution is 2.36. The summed E-state index contributed by atoms with van der Waals surface area (Å²) in [6.45, 7) is 0. The van der Waals surface area contributed by atoms with Crippen molar-refractivity contribution in [1.82, 2.24) is 5.32 Å². The molecule has 0 aromatic heterocycles. The van der Waals surface area contributed by atoms with Crippen LogP contribution in [0.25, 0.3) is 0 Å². The number of carbonyl (C=O) groups excluding carboxylic acids is 1. The molecule has 1 aromatic carbocycles. The zero-order chi connectivity index (χ0) is 15.1. The summed E-state index contributed by atoms with van der Waals surface area (Å²) < 4.78 is 1.20. The number of carboxylic acids is 1. The van der Waals surface area contributed by atoms with Crippen LogP contribution in [0.2, 0.25) is 0 Å². The van der Waals surface area contributed by atoms with Crippen LogP contribution in [0.1, 0.15) is 29.6 Å². The molecule has 5 nitrogen and oxygen atoms in total. The largest absolute Gasteiger partial charge is 0.478 e. The molecule has 7 heteroatoms. The lowest BCUT2D eigenvalue weighted by atomic mass is 9.88. The van der Waals surface area contributed by atoms with E-state index in [9.17, 15) is 14.7 Å². The van der Waals surface area contributed by atoms with Crippen molar-refractivity contribution in [2.45, 2.75) is 31.3 Å². The first kappa shape index (κ1) is 15.0. The monoisotopic (exact) mass is 416 g/mol. The fraction of sp³-hybridized carbons (Fsp3) is 0.429. The van der Waals surface area contributed by atoms with Crippen LogP contribution in [0.15, 0.2) is 21.1 Å². The van der Waals surface area contributed by atoms with Gasteiger partial charge in [0.25, 0.3) is 0 Å². The Hall–Kier alpha value is -0.920. The van der Waals surface area contributed by atoms with Crippen LogP contribution in [-0.4, -0.2) is 29.1 Å². The Morgan fingerprint density at radius 1 is 1.29 bits per heavy atom. The van der Waals surface area contributed by atoms with Gasteiger partial charge in [-0.1, -0.05) is 15.9 Å². The van der Waals surface area contributed by atoms with Gasteiger partial charge in [0.05, 0.1) is 17.2 Å². The highest BCUT2D eigenvalue weighted by atomic mass is 79.9. The molecule has 3 rings (SSSR count). The molecule has 0 spiro atoms. The Balaban J connectivity index is 1.84. The van der Waals surface area contributed by atoms with E-state index in [1.54, 1.807) is 6.07 Å². The quantitative estimate of drug-likeness (QED) is 0.706. The summed E-state index contributed by atoms with van der Waals surface area (Å²) in [4.78, 5) is 23.8. The average molecular weight is 418 g/mol. The highest BCUT2D eigenvalue weighted by Gasteiger charge is 2.43. The maximum Gasteiger partial charge on any atom is 0.337 e. The second-order valence-electron chi connectivity index (χ2n) is 5.49. The molecule has 3 atom stereocenters. The van der Waals surface area contributed by atoms with Crippen LogP contribution < -0.4 is 10.6 Å². The fourth-order valence-electron chi connectivity index (χ4n) is 3.20. The van der Waals surface area contributed by atoms with Crippen molar-refractivity contribution in [3.63, 3.8) is 0 Å². The third kappa shape index (κ3) is 2.86. The first-order valence-electron chi connectivity index (χ1n) is 6.75. The molecule has 21 heavy (non-hydrogen) atoms. The maximum atomic E-state index is 12.4. The summed E-state index contributed by atoms with van der Waals surface area (Å²) in [6.07, 6.45) is 2.96. The number of carboxylic acid groups (broad SMARTS) is 1. The van der Waals surface area contributed by atoms with E-state index < -0.39 is 5.97 Å². The summed E-state index contributed by atoms with van der Waals surface area (Å²) in [5, 5.41) is 15.5. The first-order valence-corrected chi connectivity index (χ1v) is 8.33. The van der Waals surface area contributed by atoms with Gasteiger partial charge in [-0.25, -0.2) is 4.79 Å². The van der Waals surface area contributed by atoms with Crippen molar-refractivity contribution >= 4 is 49.4 Å². The molecule has 112 valence electrons. The normalized spacial score (nSPS) is 26.9. The standard InChI is InChI=1S/C14H14Br2N2O3/c15-6-3-9(14(20)21)12(10(16)4-6)18-13(19)8-5-7-1-2-11(8)17-7/h3-4,7-8,11,17H,1-2,5H2,(H,18,19)(H,20,21). The van der Waals surface area contributed by atoms with Crippen LogP contribution in [0, 0.1) is 5.92 Å². The SMILES string of the molecule is O=C(O)c1cc(Br)cc(Br)c1NC(=O)C1CC2CCC1N2. The number of halogens is 2. The maximum absolute atomic E-state index is 12.4. The van der Waals surface area contributed by atoms with Crippen molar-refractivity contribution in [3.05, 3.63) is 26.6 Å². The molecule has 1 amide bonds. The van der Waals surface area contributed by atoms with Crippen LogP contribution in [0.3, 0.4) is 0 Å². The van der Waals surface area contributed by atoms with Gasteiger partial charge in [0.1, 0.15) is 0 Å². The predicted octanol–water partition coefficient (Wildman–Crippen LogP) is 2.99. The third-order valence-corrected chi connectivity index (χ3v) is 5.25. The lowest BCUT2D eigenvalue weighted by molar-refractivity contribution is -0.120. The van der Waals surface area contributed by atoms with E-state index in [-0.39, 0.29) is 23.4 Å². The van der Waals surface area contributed by atoms with Crippen LogP contribution in [-0.2, 0) is 4.79 Å². The molecule has 2 aliphatic rings. The molecule has 3 N–H and O–H groups in total. The Morgan fingerprint density at radius 2 is 2.05 bits per heavy atom. The van der Waals surface area contributed by atoms with Gasteiger partial charge in [0.15, 0.2) is 0 Å². The van der Waals surface area contributed by atoms with Gasteiger partial charge >= 0.3 is 5.97 Å². The molecule has 1 aromatic rings. The van der Waals surface area contributed by atoms with E-state index in [0.29, 0.717) is 20.7 Å². The number of anilines is 1. The smallest absolute Gasteiger partial charge is 0.337 e. The van der Waals surface area contributed by atoms with Gasteiger partial charge in [0.2, 0.25) is 5.91 Å². The molecule has 0 saturated carbocycles. The molecule has 2 fully saturated rings. The van der Waals surface area contributed by atoms with Gasteiger partial charge in [-0.15, -0.1) is 0 Å². The fourth-order valence-corrected chi connectivity index (χ4v) is 4.52. The summed E-state index contributed by atoms with van der Waals surface area (Å²) in [5.41, 5.74) is 0.388. The first-order chi connectivity index (χ1) is 9.95. The van der Waals surface area contributed by atoms with Crippen molar-refractivity contribution in [2.24, 2.45) is 5.92 Å². The topological polar surface area (TPSA) is 78.4 Å². The second kappa shape index (κ2) is 5.70. The van der Waals surface area contributed by atoms with Crippen molar-refractivity contribution < 1.29 is 14.7 Å². The van der Waals surface area contributed by atoms with Crippen LogP contribution >= 0.6 is 31.9 Å². The Morgan fingerprint density at radius 3 is 2.62 bits per heavy atom. The van der Waals surface area contributed by atoms with Crippen LogP contribution in [0.5, 0.6) is 0 Å². The summed E-state index contributed by atoms with van der Waals surface area (Å²) >= 11 is 6.58. The lowest BCUT2D eigenvalue weighted by Crippen LogP contribution is -2.33. The minimum Gasteiger partial charge on any atom is -0.478 e. The lowest BCUT2D eigenvalue weighted by Gasteiger charge is -2.20. The van der Waals surface area contributed by atoms with Crippen molar-refractivity contribution in [2.75, 3.05) is 5.32 Å². The average Bonchev–Trinajstić information content (AvgIpc) is 3.03. The number of aromatic carboxylic acids is 1. The van der Waals surface area contributed by atoms with Gasteiger partial charge in [0, 0.05) is 21.0 Å². The predicted molar refractivity (Wildman–Crippen MR) is 85.5 cm³/mol. The number of nitrogens with one attached hydrogen (secondary N) is 2. The number of benzene rings is 1. The van der Waals surface area contributed by atoms with Gasteiger partial charge < -0.3 is 15.7 Å². The molecule has 0 aliphatic carbocycles. The Kier molecular flexibility index (Phi) is 4.07. The van der Waals surface area contributed by atoms with E-state index in [2.05, 4.69) is 42.5 Å². The van der Waals surface area contributed by atoms with Crippen LogP contribution in [0.4, 0.5) is 5.69 Å². The number of fused-ring (bicyclic) bond motifs is 2. The number of hydrogen-bond donors (Lipinski definition) is 3. The molecular weight excluding hydrogens is 404 g/mol. The van der Waals surface area contributed by atoms with E-state index in [4.69, 9.17) is 0 Å². The number of amides is 1. The number of carbonyl (C=O) groups is 2. The van der Waals surface area contributed by atoms with Gasteiger partial charge in [-0.3, -0.25) is 4.79 Å². The molecule has 0 radical (unpaired) electrons. The van der Waals surface area contributed by atoms with Gasteiger partial charge in [-0.2, -0.15) is 0 Å². The molecule has 2 bridgehead atoms.